The minimum absolute atomic E-state index is 0.469. The zero-order valence-corrected chi connectivity index (χ0v) is 8.37. The third-order valence-corrected chi connectivity index (χ3v) is 1.53. The first-order chi connectivity index (χ1) is 6.88. The van der Waals surface area contributed by atoms with Crippen LogP contribution >= 0.6 is 0 Å². The first-order valence-corrected chi connectivity index (χ1v) is 4.43. The van der Waals surface area contributed by atoms with Gasteiger partial charge in [0, 0.05) is 12.4 Å². The van der Waals surface area contributed by atoms with E-state index in [1.54, 1.807) is 19.5 Å². The van der Waals surface area contributed by atoms with E-state index in [1.807, 2.05) is 6.92 Å². The molecule has 4 heteroatoms. The Bertz CT molecular complexity index is 341. The Balaban J connectivity index is 2.68. The van der Waals surface area contributed by atoms with Crippen molar-refractivity contribution in [3.63, 3.8) is 0 Å². The van der Waals surface area contributed by atoms with Crippen molar-refractivity contribution in [3.05, 3.63) is 18.1 Å². The van der Waals surface area contributed by atoms with Crippen LogP contribution in [0.5, 0.6) is 5.88 Å². The van der Waals surface area contributed by atoms with Gasteiger partial charge < -0.3 is 10.1 Å². The maximum absolute atomic E-state index is 5.01. The van der Waals surface area contributed by atoms with E-state index in [9.17, 15) is 0 Å². The van der Waals surface area contributed by atoms with E-state index in [0.29, 0.717) is 18.1 Å². The summed E-state index contributed by atoms with van der Waals surface area (Å²) in [5.74, 6) is 6.29. The van der Waals surface area contributed by atoms with Crippen LogP contribution in [-0.4, -0.2) is 30.2 Å². The number of methoxy groups -OCH3 is 1. The van der Waals surface area contributed by atoms with Crippen molar-refractivity contribution in [3.8, 4) is 17.7 Å². The number of rotatable bonds is 3. The summed E-state index contributed by atoms with van der Waals surface area (Å²) in [5, 5.41) is 3.09. The van der Waals surface area contributed by atoms with Gasteiger partial charge in [-0.3, -0.25) is 0 Å². The average Bonchev–Trinajstić information content (AvgIpc) is 2.25. The molecule has 0 radical (unpaired) electrons. The molecule has 0 fully saturated rings. The number of aromatic nitrogens is 2. The fraction of sp³-hybridized carbons (Fsp3) is 0.400. The Hall–Kier alpha value is -1.60. The van der Waals surface area contributed by atoms with Gasteiger partial charge in [-0.1, -0.05) is 12.8 Å². The van der Waals surface area contributed by atoms with E-state index in [2.05, 4.69) is 27.1 Å². The molecule has 74 valence electrons. The van der Waals surface area contributed by atoms with Crippen molar-refractivity contribution >= 4 is 0 Å². The van der Waals surface area contributed by atoms with E-state index in [1.165, 1.54) is 0 Å². The number of nitrogens with zero attached hydrogens (tertiary/aromatic N) is 2. The zero-order valence-electron chi connectivity index (χ0n) is 8.37. The predicted octanol–water partition coefficient (Wildman–Crippen LogP) is 0.446. The molecule has 0 bridgehead atoms. The SMILES string of the molecule is CCNCC#Cc1nccnc1OC. The van der Waals surface area contributed by atoms with Crippen LogP contribution in [0.1, 0.15) is 12.6 Å². The Morgan fingerprint density at radius 3 is 2.93 bits per heavy atom. The highest BCUT2D eigenvalue weighted by Crippen LogP contribution is 2.07. The van der Waals surface area contributed by atoms with Gasteiger partial charge in [0.05, 0.1) is 13.7 Å². The first kappa shape index (κ1) is 10.5. The molecule has 14 heavy (non-hydrogen) atoms. The molecule has 0 aromatic carbocycles. The van der Waals surface area contributed by atoms with Crippen LogP contribution in [0.4, 0.5) is 0 Å². The fourth-order valence-electron chi connectivity index (χ4n) is 0.876. The van der Waals surface area contributed by atoms with Crippen molar-refractivity contribution in [2.24, 2.45) is 0 Å². The van der Waals surface area contributed by atoms with Gasteiger partial charge in [0.2, 0.25) is 5.88 Å². The molecular weight excluding hydrogens is 178 g/mol. The van der Waals surface area contributed by atoms with E-state index < -0.39 is 0 Å². The van der Waals surface area contributed by atoms with Gasteiger partial charge in [-0.25, -0.2) is 9.97 Å². The summed E-state index contributed by atoms with van der Waals surface area (Å²) in [7, 11) is 1.56. The molecular formula is C10H13N3O. The highest BCUT2D eigenvalue weighted by Gasteiger charge is 1.99. The van der Waals surface area contributed by atoms with E-state index in [-0.39, 0.29) is 0 Å². The van der Waals surface area contributed by atoms with Crippen LogP contribution in [0.25, 0.3) is 0 Å². The third-order valence-electron chi connectivity index (χ3n) is 1.53. The lowest BCUT2D eigenvalue weighted by Crippen LogP contribution is -2.12. The summed E-state index contributed by atoms with van der Waals surface area (Å²) in [5.41, 5.74) is 0.577. The minimum atomic E-state index is 0.469. The van der Waals surface area contributed by atoms with Gasteiger partial charge >= 0.3 is 0 Å². The van der Waals surface area contributed by atoms with Crippen molar-refractivity contribution in [2.75, 3.05) is 20.2 Å². The second-order valence-electron chi connectivity index (χ2n) is 2.50. The van der Waals surface area contributed by atoms with Crippen LogP contribution in [0.3, 0.4) is 0 Å². The van der Waals surface area contributed by atoms with Gasteiger partial charge in [0.25, 0.3) is 0 Å². The summed E-state index contributed by atoms with van der Waals surface area (Å²) < 4.78 is 5.01. The fourth-order valence-corrected chi connectivity index (χ4v) is 0.876. The lowest BCUT2D eigenvalue weighted by molar-refractivity contribution is 0.394. The normalized spacial score (nSPS) is 9.00. The Kier molecular flexibility index (Phi) is 4.45. The molecule has 0 saturated carbocycles. The molecule has 0 aliphatic rings. The minimum Gasteiger partial charge on any atom is -0.479 e. The summed E-state index contributed by atoms with van der Waals surface area (Å²) in [4.78, 5) is 8.05. The van der Waals surface area contributed by atoms with Crippen molar-refractivity contribution in [1.29, 1.82) is 0 Å². The summed E-state index contributed by atoms with van der Waals surface area (Å²) >= 11 is 0. The maximum atomic E-state index is 5.01. The van der Waals surface area contributed by atoms with Crippen LogP contribution < -0.4 is 10.1 Å². The number of hydrogen-bond donors (Lipinski definition) is 1. The van der Waals surface area contributed by atoms with E-state index >= 15 is 0 Å². The number of hydrogen-bond acceptors (Lipinski definition) is 4. The molecule has 4 nitrogen and oxygen atoms in total. The Morgan fingerprint density at radius 2 is 2.21 bits per heavy atom. The molecule has 0 unspecified atom stereocenters. The van der Waals surface area contributed by atoms with Crippen molar-refractivity contribution in [1.82, 2.24) is 15.3 Å². The molecule has 1 heterocycles. The smallest absolute Gasteiger partial charge is 0.248 e. The molecule has 0 spiro atoms. The molecule has 0 atom stereocenters. The molecule has 0 aliphatic carbocycles. The molecule has 0 saturated heterocycles. The topological polar surface area (TPSA) is 47.0 Å². The second-order valence-corrected chi connectivity index (χ2v) is 2.50. The number of nitrogens with one attached hydrogen (secondary N) is 1. The second kappa shape index (κ2) is 5.95. The molecule has 1 aromatic rings. The van der Waals surface area contributed by atoms with Crippen LogP contribution in [0, 0.1) is 11.8 Å². The monoisotopic (exact) mass is 191 g/mol. The van der Waals surface area contributed by atoms with Gasteiger partial charge in [0.15, 0.2) is 5.69 Å². The Labute approximate surface area is 83.7 Å². The van der Waals surface area contributed by atoms with E-state index in [0.717, 1.165) is 6.54 Å². The van der Waals surface area contributed by atoms with Crippen molar-refractivity contribution < 1.29 is 4.74 Å². The quantitative estimate of drug-likeness (QED) is 0.556. The molecule has 0 aliphatic heterocycles. The largest absolute Gasteiger partial charge is 0.479 e. The highest BCUT2D eigenvalue weighted by molar-refractivity contribution is 5.35. The van der Waals surface area contributed by atoms with Crippen molar-refractivity contribution in [2.45, 2.75) is 6.92 Å². The lowest BCUT2D eigenvalue weighted by atomic mass is 10.4. The van der Waals surface area contributed by atoms with Gasteiger partial charge in [-0.05, 0) is 12.5 Å². The first-order valence-electron chi connectivity index (χ1n) is 4.43. The Morgan fingerprint density at radius 1 is 1.43 bits per heavy atom. The third kappa shape index (κ3) is 3.04. The van der Waals surface area contributed by atoms with Crippen LogP contribution in [-0.2, 0) is 0 Å². The molecule has 0 amide bonds. The molecule has 1 N–H and O–H groups in total. The van der Waals surface area contributed by atoms with Gasteiger partial charge in [-0.15, -0.1) is 0 Å². The lowest BCUT2D eigenvalue weighted by Gasteiger charge is -1.98. The number of ether oxygens (including phenoxy) is 1. The maximum Gasteiger partial charge on any atom is 0.248 e. The predicted molar refractivity (Wildman–Crippen MR) is 54.0 cm³/mol. The zero-order chi connectivity index (χ0) is 10.2. The average molecular weight is 191 g/mol. The summed E-state index contributed by atoms with van der Waals surface area (Å²) in [6.07, 6.45) is 3.17. The summed E-state index contributed by atoms with van der Waals surface area (Å²) in [6.45, 7) is 3.59. The highest BCUT2D eigenvalue weighted by atomic mass is 16.5. The standard InChI is InChI=1S/C10H13N3O/c1-3-11-6-4-5-9-10(14-2)13-8-7-12-9/h7-8,11H,3,6H2,1-2H3. The van der Waals surface area contributed by atoms with E-state index in [4.69, 9.17) is 4.74 Å². The summed E-state index contributed by atoms with van der Waals surface area (Å²) in [6, 6.07) is 0. The van der Waals surface area contributed by atoms with Gasteiger partial charge in [-0.2, -0.15) is 0 Å². The molecule has 1 rings (SSSR count). The van der Waals surface area contributed by atoms with Gasteiger partial charge in [0.1, 0.15) is 0 Å². The van der Waals surface area contributed by atoms with Crippen LogP contribution in [0.2, 0.25) is 0 Å². The molecule has 1 aromatic heterocycles. The van der Waals surface area contributed by atoms with Crippen LogP contribution in [0.15, 0.2) is 12.4 Å².